The molecule has 2 aromatic rings. The Balaban J connectivity index is 2.14. The largest absolute Gasteiger partial charge is 0.477 e. The van der Waals surface area contributed by atoms with Crippen LogP contribution in [-0.2, 0) is 11.8 Å². The van der Waals surface area contributed by atoms with E-state index in [1.54, 1.807) is 13.1 Å². The molecular weight excluding hydrogens is 272 g/mol. The summed E-state index contributed by atoms with van der Waals surface area (Å²) in [5.41, 5.74) is 1.31. The van der Waals surface area contributed by atoms with Crippen LogP contribution >= 0.6 is 0 Å². The summed E-state index contributed by atoms with van der Waals surface area (Å²) in [5, 5.41) is 9.66. The Hall–Kier alpha value is -2.34. The van der Waals surface area contributed by atoms with Crippen LogP contribution in [0.25, 0.3) is 10.9 Å². The predicted molar refractivity (Wildman–Crippen MR) is 79.2 cm³/mol. The molecule has 3 rings (SSSR count). The summed E-state index contributed by atoms with van der Waals surface area (Å²) in [6.07, 6.45) is 0. The van der Waals surface area contributed by atoms with E-state index >= 15 is 0 Å². The zero-order valence-corrected chi connectivity index (χ0v) is 11.7. The quantitative estimate of drug-likeness (QED) is 0.895. The summed E-state index contributed by atoms with van der Waals surface area (Å²) in [7, 11) is 1.65. The zero-order chi connectivity index (χ0) is 15.0. The first-order valence-corrected chi connectivity index (χ1v) is 6.78. The second kappa shape index (κ2) is 5.21. The molecule has 0 unspecified atom stereocenters. The summed E-state index contributed by atoms with van der Waals surface area (Å²) in [6.45, 7) is 2.93. The molecule has 1 aromatic carbocycles. The molecule has 6 heteroatoms. The first kappa shape index (κ1) is 13.6. The fraction of sp³-hybridized carbons (Fsp3) is 0.333. The standard InChI is InChI=1S/C15H16N2O4/c1-16-12-3-2-10(17-4-6-21-7-5-17)8-11(12)14(18)9-13(16)15(19)20/h2-3,8-9H,4-7H2,1H3,(H,19,20). The Morgan fingerprint density at radius 1 is 1.24 bits per heavy atom. The summed E-state index contributed by atoms with van der Waals surface area (Å²) in [5.74, 6) is -1.10. The molecule has 0 amide bonds. The van der Waals surface area contributed by atoms with Gasteiger partial charge in [0.2, 0.25) is 0 Å². The van der Waals surface area contributed by atoms with Crippen LogP contribution < -0.4 is 10.3 Å². The number of benzene rings is 1. The number of anilines is 1. The second-order valence-electron chi connectivity index (χ2n) is 5.06. The van der Waals surface area contributed by atoms with Gasteiger partial charge in [0.25, 0.3) is 0 Å². The maximum atomic E-state index is 12.2. The molecule has 0 atom stereocenters. The highest BCUT2D eigenvalue weighted by molar-refractivity contribution is 5.91. The van der Waals surface area contributed by atoms with Crippen LogP contribution in [-0.4, -0.2) is 41.9 Å². The van der Waals surface area contributed by atoms with E-state index < -0.39 is 5.97 Å². The number of carbonyl (C=O) groups is 1. The van der Waals surface area contributed by atoms with Crippen LogP contribution in [0.1, 0.15) is 10.5 Å². The first-order chi connectivity index (χ1) is 10.1. The third-order valence-electron chi connectivity index (χ3n) is 3.83. The average molecular weight is 288 g/mol. The summed E-state index contributed by atoms with van der Waals surface area (Å²) in [6, 6.07) is 6.72. The number of pyridine rings is 1. The van der Waals surface area contributed by atoms with Gasteiger partial charge in [-0.15, -0.1) is 0 Å². The molecular formula is C15H16N2O4. The topological polar surface area (TPSA) is 71.8 Å². The van der Waals surface area contributed by atoms with E-state index in [9.17, 15) is 9.59 Å². The van der Waals surface area contributed by atoms with Crippen molar-refractivity contribution in [2.75, 3.05) is 31.2 Å². The lowest BCUT2D eigenvalue weighted by Crippen LogP contribution is -2.36. The van der Waals surface area contributed by atoms with Gasteiger partial charge in [-0.3, -0.25) is 4.79 Å². The van der Waals surface area contributed by atoms with Crippen molar-refractivity contribution in [3.8, 4) is 0 Å². The van der Waals surface area contributed by atoms with Gasteiger partial charge in [-0.05, 0) is 18.2 Å². The molecule has 1 aliphatic rings. The Bertz CT molecular complexity index is 760. The molecule has 1 saturated heterocycles. The van der Waals surface area contributed by atoms with Crippen LogP contribution in [0, 0.1) is 0 Å². The third-order valence-corrected chi connectivity index (χ3v) is 3.83. The number of nitrogens with zero attached hydrogens (tertiary/aromatic N) is 2. The molecule has 1 N–H and O–H groups in total. The van der Waals surface area contributed by atoms with E-state index in [2.05, 4.69) is 4.90 Å². The highest BCUT2D eigenvalue weighted by atomic mass is 16.5. The number of aryl methyl sites for hydroxylation is 1. The smallest absolute Gasteiger partial charge is 0.352 e. The van der Waals surface area contributed by atoms with Gasteiger partial charge in [0, 0.05) is 37.3 Å². The molecule has 1 fully saturated rings. The molecule has 0 saturated carbocycles. The Morgan fingerprint density at radius 2 is 1.95 bits per heavy atom. The van der Waals surface area contributed by atoms with Crippen molar-refractivity contribution in [3.05, 3.63) is 40.2 Å². The number of rotatable bonds is 2. The minimum absolute atomic E-state index is 0.00776. The lowest BCUT2D eigenvalue weighted by atomic mass is 10.1. The van der Waals surface area contributed by atoms with Crippen molar-refractivity contribution >= 4 is 22.6 Å². The number of morpholine rings is 1. The monoisotopic (exact) mass is 288 g/mol. The minimum atomic E-state index is -1.10. The Morgan fingerprint density at radius 3 is 2.62 bits per heavy atom. The van der Waals surface area contributed by atoms with Crippen LogP contribution in [0.4, 0.5) is 5.69 Å². The van der Waals surface area contributed by atoms with E-state index in [1.807, 2.05) is 12.1 Å². The number of fused-ring (bicyclic) bond motifs is 1. The highest BCUT2D eigenvalue weighted by Gasteiger charge is 2.15. The molecule has 1 aromatic heterocycles. The lowest BCUT2D eigenvalue weighted by Gasteiger charge is -2.29. The van der Waals surface area contributed by atoms with Gasteiger partial charge in [0.05, 0.1) is 18.7 Å². The molecule has 110 valence electrons. The summed E-state index contributed by atoms with van der Waals surface area (Å²) in [4.78, 5) is 25.5. The van der Waals surface area contributed by atoms with Crippen LogP contribution in [0.5, 0.6) is 0 Å². The van der Waals surface area contributed by atoms with E-state index in [1.165, 1.54) is 10.6 Å². The number of aromatic carboxylic acids is 1. The molecule has 0 spiro atoms. The summed E-state index contributed by atoms with van der Waals surface area (Å²) >= 11 is 0. The highest BCUT2D eigenvalue weighted by Crippen LogP contribution is 2.21. The van der Waals surface area contributed by atoms with Crippen LogP contribution in [0.15, 0.2) is 29.1 Å². The van der Waals surface area contributed by atoms with Crippen LogP contribution in [0.3, 0.4) is 0 Å². The molecule has 2 heterocycles. The van der Waals surface area contributed by atoms with Gasteiger partial charge in [-0.1, -0.05) is 0 Å². The number of ether oxygens (including phenoxy) is 1. The van der Waals surface area contributed by atoms with Crippen molar-refractivity contribution in [1.82, 2.24) is 4.57 Å². The molecule has 0 bridgehead atoms. The zero-order valence-electron chi connectivity index (χ0n) is 11.7. The predicted octanol–water partition coefficient (Wildman–Crippen LogP) is 1.07. The Kier molecular flexibility index (Phi) is 3.39. The normalized spacial score (nSPS) is 15.4. The van der Waals surface area contributed by atoms with Crippen molar-refractivity contribution in [2.45, 2.75) is 0 Å². The number of aromatic nitrogens is 1. The second-order valence-corrected chi connectivity index (χ2v) is 5.06. The molecule has 1 aliphatic heterocycles. The van der Waals surface area contributed by atoms with E-state index in [-0.39, 0.29) is 11.1 Å². The first-order valence-electron chi connectivity index (χ1n) is 6.78. The minimum Gasteiger partial charge on any atom is -0.477 e. The maximum Gasteiger partial charge on any atom is 0.352 e. The van der Waals surface area contributed by atoms with Crippen LogP contribution in [0.2, 0.25) is 0 Å². The fourth-order valence-corrected chi connectivity index (χ4v) is 2.67. The fourth-order valence-electron chi connectivity index (χ4n) is 2.67. The number of hydrogen-bond acceptors (Lipinski definition) is 4. The van der Waals surface area contributed by atoms with Gasteiger partial charge >= 0.3 is 5.97 Å². The van der Waals surface area contributed by atoms with E-state index in [0.717, 1.165) is 18.8 Å². The van der Waals surface area contributed by atoms with Crippen molar-refractivity contribution in [2.24, 2.45) is 7.05 Å². The van der Waals surface area contributed by atoms with Crippen molar-refractivity contribution in [1.29, 1.82) is 0 Å². The third kappa shape index (κ3) is 2.38. The average Bonchev–Trinajstić information content (AvgIpc) is 2.51. The maximum absolute atomic E-state index is 12.2. The van der Waals surface area contributed by atoms with E-state index in [4.69, 9.17) is 9.84 Å². The van der Waals surface area contributed by atoms with Gasteiger partial charge in [-0.2, -0.15) is 0 Å². The van der Waals surface area contributed by atoms with Gasteiger partial charge in [0.15, 0.2) is 5.43 Å². The molecule has 0 aliphatic carbocycles. The Labute approximate surface area is 121 Å². The van der Waals surface area contributed by atoms with E-state index in [0.29, 0.717) is 24.1 Å². The van der Waals surface area contributed by atoms with Gasteiger partial charge in [0.1, 0.15) is 5.69 Å². The number of carboxylic acids is 1. The number of hydrogen-bond donors (Lipinski definition) is 1. The van der Waals surface area contributed by atoms with Crippen molar-refractivity contribution in [3.63, 3.8) is 0 Å². The molecule has 0 radical (unpaired) electrons. The lowest BCUT2D eigenvalue weighted by molar-refractivity contribution is 0.0686. The van der Waals surface area contributed by atoms with Gasteiger partial charge < -0.3 is 19.3 Å². The van der Waals surface area contributed by atoms with Crippen molar-refractivity contribution < 1.29 is 14.6 Å². The molecule has 21 heavy (non-hydrogen) atoms. The number of carboxylic acid groups (broad SMARTS) is 1. The molecule has 6 nitrogen and oxygen atoms in total. The van der Waals surface area contributed by atoms with Gasteiger partial charge in [-0.25, -0.2) is 4.79 Å². The SMILES string of the molecule is Cn1c(C(=O)O)cc(=O)c2cc(N3CCOCC3)ccc21. The summed E-state index contributed by atoms with van der Waals surface area (Å²) < 4.78 is 6.85.